The number of carbonyl (C=O) groups excluding carboxylic acids is 1. The first kappa shape index (κ1) is 18.9. The Morgan fingerprint density at radius 2 is 1.96 bits per heavy atom. The number of hydrogen-bond donors (Lipinski definition) is 1. The van der Waals surface area contributed by atoms with E-state index in [1.807, 2.05) is 20.8 Å². The van der Waals surface area contributed by atoms with Crippen molar-refractivity contribution in [2.45, 2.75) is 51.0 Å². The van der Waals surface area contributed by atoms with Gasteiger partial charge in [0.2, 0.25) is 15.9 Å². The van der Waals surface area contributed by atoms with E-state index in [-0.39, 0.29) is 10.8 Å². The summed E-state index contributed by atoms with van der Waals surface area (Å²) >= 11 is 0. The van der Waals surface area contributed by atoms with Gasteiger partial charge in [-0.1, -0.05) is 27.2 Å². The summed E-state index contributed by atoms with van der Waals surface area (Å²) in [5.74, 6) is -0.0880. The summed E-state index contributed by atoms with van der Waals surface area (Å²) in [6, 6.07) is 4.51. The van der Waals surface area contributed by atoms with E-state index >= 15 is 0 Å². The molecule has 1 atom stereocenters. The molecule has 0 spiro atoms. The Labute approximate surface area is 144 Å². The zero-order valence-corrected chi connectivity index (χ0v) is 15.5. The maximum atomic E-state index is 12.6. The molecule has 7 heteroatoms. The van der Waals surface area contributed by atoms with Gasteiger partial charge in [0.25, 0.3) is 0 Å². The number of nitrogens with two attached hydrogens (primary N) is 1. The average Bonchev–Trinajstić information content (AvgIpc) is 2.98. The monoisotopic (exact) mass is 353 g/mol. The Balaban J connectivity index is 2.30. The lowest BCUT2D eigenvalue weighted by atomic mass is 10.1. The van der Waals surface area contributed by atoms with Crippen LogP contribution in [0.2, 0.25) is 0 Å². The zero-order valence-electron chi connectivity index (χ0n) is 14.7. The number of rotatable bonds is 7. The van der Waals surface area contributed by atoms with E-state index in [0.717, 1.165) is 17.7 Å². The van der Waals surface area contributed by atoms with E-state index in [1.165, 1.54) is 4.31 Å². The lowest BCUT2D eigenvalue weighted by molar-refractivity contribution is -0.119. The molecule has 2 rings (SSSR count). The fourth-order valence-corrected chi connectivity index (χ4v) is 4.62. The molecule has 24 heavy (non-hydrogen) atoms. The SMILES string of the molecule is CCCC(N)C(=O)N1CCc2cc(S(=O)(=O)N(CC)CC)ccc21. The van der Waals surface area contributed by atoms with Crippen molar-refractivity contribution in [3.8, 4) is 0 Å². The summed E-state index contributed by atoms with van der Waals surface area (Å²) < 4.78 is 26.7. The summed E-state index contributed by atoms with van der Waals surface area (Å²) in [6.45, 7) is 7.07. The zero-order chi connectivity index (χ0) is 17.9. The van der Waals surface area contributed by atoms with Gasteiger partial charge in [0.15, 0.2) is 0 Å². The maximum absolute atomic E-state index is 12.6. The van der Waals surface area contributed by atoms with Gasteiger partial charge in [-0.05, 0) is 36.6 Å². The fourth-order valence-electron chi connectivity index (χ4n) is 3.11. The molecule has 0 saturated heterocycles. The molecule has 0 bridgehead atoms. The minimum atomic E-state index is -3.48. The molecular formula is C17H27N3O3S. The minimum Gasteiger partial charge on any atom is -0.320 e. The van der Waals surface area contributed by atoms with Gasteiger partial charge in [0.05, 0.1) is 10.9 Å². The first-order valence-corrected chi connectivity index (χ1v) is 10.0. The molecule has 0 aromatic heterocycles. The third-order valence-corrected chi connectivity index (χ3v) is 6.52. The van der Waals surface area contributed by atoms with E-state index in [0.29, 0.717) is 32.5 Å². The molecule has 0 saturated carbocycles. The van der Waals surface area contributed by atoms with Crippen LogP contribution in [0.15, 0.2) is 23.1 Å². The van der Waals surface area contributed by atoms with Crippen molar-refractivity contribution in [2.75, 3.05) is 24.5 Å². The predicted molar refractivity (Wildman–Crippen MR) is 95.5 cm³/mol. The van der Waals surface area contributed by atoms with Crippen LogP contribution in [-0.4, -0.2) is 44.3 Å². The molecule has 134 valence electrons. The number of hydrogen-bond acceptors (Lipinski definition) is 4. The Bertz CT molecular complexity index is 699. The number of amides is 1. The highest BCUT2D eigenvalue weighted by molar-refractivity contribution is 7.89. The van der Waals surface area contributed by atoms with E-state index in [4.69, 9.17) is 5.73 Å². The topological polar surface area (TPSA) is 83.7 Å². The van der Waals surface area contributed by atoms with Crippen LogP contribution in [0.25, 0.3) is 0 Å². The van der Waals surface area contributed by atoms with Gasteiger partial charge < -0.3 is 10.6 Å². The van der Waals surface area contributed by atoms with E-state index in [9.17, 15) is 13.2 Å². The summed E-state index contributed by atoms with van der Waals surface area (Å²) in [4.78, 5) is 14.4. The van der Waals surface area contributed by atoms with Crippen molar-refractivity contribution >= 4 is 21.6 Å². The third kappa shape index (κ3) is 3.48. The molecule has 0 fully saturated rings. The molecule has 1 unspecified atom stereocenters. The van der Waals surface area contributed by atoms with Gasteiger partial charge in [0.1, 0.15) is 0 Å². The Hall–Kier alpha value is -1.44. The van der Waals surface area contributed by atoms with Crippen LogP contribution in [-0.2, 0) is 21.2 Å². The van der Waals surface area contributed by atoms with Gasteiger partial charge in [-0.2, -0.15) is 4.31 Å². The molecule has 1 amide bonds. The molecule has 1 aliphatic heterocycles. The van der Waals surface area contributed by atoms with Gasteiger partial charge >= 0.3 is 0 Å². The average molecular weight is 353 g/mol. The van der Waals surface area contributed by atoms with Crippen LogP contribution in [0.4, 0.5) is 5.69 Å². The van der Waals surface area contributed by atoms with Crippen molar-refractivity contribution in [1.82, 2.24) is 4.31 Å². The van der Waals surface area contributed by atoms with Gasteiger partial charge in [-0.3, -0.25) is 4.79 Å². The highest BCUT2D eigenvalue weighted by Crippen LogP contribution is 2.31. The van der Waals surface area contributed by atoms with Crippen LogP contribution in [0.3, 0.4) is 0 Å². The number of fused-ring (bicyclic) bond motifs is 1. The number of sulfonamides is 1. The standard InChI is InChI=1S/C17H27N3O3S/c1-4-7-15(18)17(21)20-11-10-13-12-14(8-9-16(13)20)24(22,23)19(5-2)6-3/h8-9,12,15H,4-7,10-11,18H2,1-3H3. The highest BCUT2D eigenvalue weighted by Gasteiger charge is 2.30. The van der Waals surface area contributed by atoms with E-state index in [2.05, 4.69) is 0 Å². The molecule has 1 heterocycles. The quantitative estimate of drug-likeness (QED) is 0.809. The number of nitrogens with zero attached hydrogens (tertiary/aromatic N) is 2. The number of benzene rings is 1. The Morgan fingerprint density at radius 3 is 2.54 bits per heavy atom. The summed E-state index contributed by atoms with van der Waals surface area (Å²) in [5.41, 5.74) is 7.62. The predicted octanol–water partition coefficient (Wildman–Crippen LogP) is 1.73. The summed E-state index contributed by atoms with van der Waals surface area (Å²) in [7, 11) is -3.48. The second-order valence-corrected chi connectivity index (χ2v) is 7.95. The van der Waals surface area contributed by atoms with Crippen LogP contribution in [0, 0.1) is 0 Å². The van der Waals surface area contributed by atoms with E-state index < -0.39 is 16.1 Å². The number of anilines is 1. The van der Waals surface area contributed by atoms with Crippen LogP contribution < -0.4 is 10.6 Å². The molecule has 6 nitrogen and oxygen atoms in total. The first-order valence-electron chi connectivity index (χ1n) is 8.56. The minimum absolute atomic E-state index is 0.0880. The molecular weight excluding hydrogens is 326 g/mol. The van der Waals surface area contributed by atoms with Crippen molar-refractivity contribution < 1.29 is 13.2 Å². The Morgan fingerprint density at radius 1 is 1.29 bits per heavy atom. The summed E-state index contributed by atoms with van der Waals surface area (Å²) in [6.07, 6.45) is 2.16. The Kier molecular flexibility index (Phi) is 6.01. The van der Waals surface area contributed by atoms with E-state index in [1.54, 1.807) is 23.1 Å². The first-order chi connectivity index (χ1) is 11.4. The van der Waals surface area contributed by atoms with Crippen LogP contribution >= 0.6 is 0 Å². The smallest absolute Gasteiger partial charge is 0.243 e. The lowest BCUT2D eigenvalue weighted by Crippen LogP contribution is -2.43. The van der Waals surface area contributed by atoms with Crippen molar-refractivity contribution in [1.29, 1.82) is 0 Å². The second kappa shape index (κ2) is 7.63. The molecule has 2 N–H and O–H groups in total. The second-order valence-electron chi connectivity index (χ2n) is 6.01. The van der Waals surface area contributed by atoms with Crippen molar-refractivity contribution in [3.05, 3.63) is 23.8 Å². The molecule has 1 aliphatic rings. The van der Waals surface area contributed by atoms with Crippen molar-refractivity contribution in [3.63, 3.8) is 0 Å². The lowest BCUT2D eigenvalue weighted by Gasteiger charge is -2.22. The fraction of sp³-hybridized carbons (Fsp3) is 0.588. The molecule has 1 aromatic rings. The third-order valence-electron chi connectivity index (χ3n) is 4.47. The van der Waals surface area contributed by atoms with Gasteiger partial charge in [-0.15, -0.1) is 0 Å². The van der Waals surface area contributed by atoms with Gasteiger partial charge in [-0.25, -0.2) is 8.42 Å². The molecule has 0 aliphatic carbocycles. The molecule has 1 aromatic carbocycles. The van der Waals surface area contributed by atoms with Gasteiger partial charge in [0, 0.05) is 25.3 Å². The van der Waals surface area contributed by atoms with Crippen LogP contribution in [0.5, 0.6) is 0 Å². The van der Waals surface area contributed by atoms with Crippen LogP contribution in [0.1, 0.15) is 39.2 Å². The highest BCUT2D eigenvalue weighted by atomic mass is 32.2. The van der Waals surface area contributed by atoms with Crippen molar-refractivity contribution in [2.24, 2.45) is 5.73 Å². The largest absolute Gasteiger partial charge is 0.320 e. The normalized spacial score (nSPS) is 15.6. The maximum Gasteiger partial charge on any atom is 0.243 e. The number of carbonyl (C=O) groups is 1. The summed E-state index contributed by atoms with van der Waals surface area (Å²) in [5, 5.41) is 0. The molecule has 0 radical (unpaired) electrons.